The van der Waals surface area contributed by atoms with Gasteiger partial charge in [-0.15, -0.1) is 0 Å². The van der Waals surface area contributed by atoms with Crippen LogP contribution in [0.1, 0.15) is 22.8 Å². The number of aliphatic carboxylic acids is 1. The Labute approximate surface area is 185 Å². The SMILES string of the molecule is CCNC(=O)Nc1ccc(/C=C/C(=O)O)c(NC(=O)NC(=O)c2cc(F)c(F)cc2Cl)c1. The van der Waals surface area contributed by atoms with E-state index in [4.69, 9.17) is 16.7 Å². The van der Waals surface area contributed by atoms with Crippen LogP contribution in [0, 0.1) is 11.6 Å². The van der Waals surface area contributed by atoms with Gasteiger partial charge < -0.3 is 21.1 Å². The Morgan fingerprint density at radius 1 is 1.03 bits per heavy atom. The smallest absolute Gasteiger partial charge is 0.328 e. The zero-order valence-electron chi connectivity index (χ0n) is 16.5. The summed E-state index contributed by atoms with van der Waals surface area (Å²) >= 11 is 5.72. The molecule has 0 fully saturated rings. The number of benzene rings is 2. The highest BCUT2D eigenvalue weighted by molar-refractivity contribution is 6.34. The average molecular weight is 467 g/mol. The number of hydrogen-bond donors (Lipinski definition) is 5. The summed E-state index contributed by atoms with van der Waals surface area (Å²) in [6, 6.07) is 3.76. The third kappa shape index (κ3) is 6.77. The summed E-state index contributed by atoms with van der Waals surface area (Å²) in [5.74, 6) is -4.94. The number of carbonyl (C=O) groups is 4. The van der Waals surface area contributed by atoms with Gasteiger partial charge in [0.15, 0.2) is 11.6 Å². The summed E-state index contributed by atoms with van der Waals surface area (Å²) in [5.41, 5.74) is 0.0628. The van der Waals surface area contributed by atoms with Crippen molar-refractivity contribution in [3.05, 3.63) is 64.2 Å². The van der Waals surface area contributed by atoms with Crippen LogP contribution in [0.2, 0.25) is 5.02 Å². The Balaban J connectivity index is 2.24. The van der Waals surface area contributed by atoms with Crippen molar-refractivity contribution in [2.24, 2.45) is 0 Å². The Morgan fingerprint density at radius 2 is 1.72 bits per heavy atom. The van der Waals surface area contributed by atoms with Gasteiger partial charge >= 0.3 is 18.0 Å². The largest absolute Gasteiger partial charge is 0.478 e. The Bertz CT molecular complexity index is 1110. The zero-order chi connectivity index (χ0) is 23.8. The first-order valence-corrected chi connectivity index (χ1v) is 9.35. The molecule has 2 aromatic carbocycles. The molecule has 32 heavy (non-hydrogen) atoms. The lowest BCUT2D eigenvalue weighted by atomic mass is 10.1. The van der Waals surface area contributed by atoms with Crippen LogP contribution in [-0.2, 0) is 4.79 Å². The summed E-state index contributed by atoms with van der Waals surface area (Å²) in [4.78, 5) is 47.0. The van der Waals surface area contributed by atoms with E-state index in [1.165, 1.54) is 24.3 Å². The van der Waals surface area contributed by atoms with Crippen molar-refractivity contribution in [1.82, 2.24) is 10.6 Å². The van der Waals surface area contributed by atoms with E-state index in [9.17, 15) is 28.0 Å². The number of amides is 5. The molecule has 0 heterocycles. The van der Waals surface area contributed by atoms with E-state index in [1.807, 2.05) is 5.32 Å². The van der Waals surface area contributed by atoms with Gasteiger partial charge in [-0.25, -0.2) is 23.2 Å². The highest BCUT2D eigenvalue weighted by atomic mass is 35.5. The van der Waals surface area contributed by atoms with Crippen LogP contribution in [0.5, 0.6) is 0 Å². The van der Waals surface area contributed by atoms with Crippen LogP contribution in [0.3, 0.4) is 0 Å². The molecule has 0 saturated heterocycles. The molecule has 0 radical (unpaired) electrons. The second-order valence-electron chi connectivity index (χ2n) is 6.11. The van der Waals surface area contributed by atoms with E-state index in [0.717, 1.165) is 6.08 Å². The molecule has 0 aliphatic rings. The Hall–Kier alpha value is -3.99. The predicted molar refractivity (Wildman–Crippen MR) is 114 cm³/mol. The van der Waals surface area contributed by atoms with E-state index in [0.29, 0.717) is 18.7 Å². The van der Waals surface area contributed by atoms with Crippen molar-refractivity contribution in [1.29, 1.82) is 0 Å². The number of carbonyl (C=O) groups excluding carboxylic acids is 3. The molecule has 0 atom stereocenters. The summed E-state index contributed by atoms with van der Waals surface area (Å²) in [5, 5.41) is 17.7. The van der Waals surface area contributed by atoms with Crippen molar-refractivity contribution in [2.45, 2.75) is 6.92 Å². The third-order valence-corrected chi connectivity index (χ3v) is 4.10. The fourth-order valence-electron chi connectivity index (χ4n) is 2.41. The number of carboxylic acids is 1. The van der Waals surface area contributed by atoms with Gasteiger partial charge in [0.25, 0.3) is 5.91 Å². The second-order valence-corrected chi connectivity index (χ2v) is 6.52. The molecule has 0 aromatic heterocycles. The molecule has 0 saturated carbocycles. The van der Waals surface area contributed by atoms with Gasteiger partial charge in [0.1, 0.15) is 0 Å². The minimum atomic E-state index is -1.33. The highest BCUT2D eigenvalue weighted by Gasteiger charge is 2.18. The van der Waals surface area contributed by atoms with E-state index < -0.39 is 46.2 Å². The van der Waals surface area contributed by atoms with Crippen LogP contribution in [0.25, 0.3) is 6.08 Å². The van der Waals surface area contributed by atoms with Crippen molar-refractivity contribution in [3.8, 4) is 0 Å². The second kappa shape index (κ2) is 10.9. The lowest BCUT2D eigenvalue weighted by molar-refractivity contribution is -0.131. The fraction of sp³-hybridized carbons (Fsp3) is 0.100. The van der Waals surface area contributed by atoms with E-state index >= 15 is 0 Å². The third-order valence-electron chi connectivity index (χ3n) is 3.78. The first-order chi connectivity index (χ1) is 15.1. The molecule has 12 heteroatoms. The van der Waals surface area contributed by atoms with Crippen molar-refractivity contribution < 1.29 is 33.1 Å². The maximum Gasteiger partial charge on any atom is 0.328 e. The van der Waals surface area contributed by atoms with Crippen molar-refractivity contribution in [3.63, 3.8) is 0 Å². The summed E-state index contributed by atoms with van der Waals surface area (Å²) in [7, 11) is 0. The van der Waals surface area contributed by atoms with Crippen LogP contribution >= 0.6 is 11.6 Å². The zero-order valence-corrected chi connectivity index (χ0v) is 17.2. The molecule has 168 valence electrons. The highest BCUT2D eigenvalue weighted by Crippen LogP contribution is 2.23. The van der Waals surface area contributed by atoms with Gasteiger partial charge in [-0.3, -0.25) is 10.1 Å². The van der Waals surface area contributed by atoms with Gasteiger partial charge in [-0.1, -0.05) is 17.7 Å². The number of rotatable bonds is 6. The van der Waals surface area contributed by atoms with E-state index in [-0.39, 0.29) is 16.9 Å². The molecule has 0 aliphatic carbocycles. The summed E-state index contributed by atoms with van der Waals surface area (Å²) in [6.45, 7) is 2.08. The molecule has 5 N–H and O–H groups in total. The average Bonchev–Trinajstić information content (AvgIpc) is 2.70. The Morgan fingerprint density at radius 3 is 2.38 bits per heavy atom. The number of urea groups is 2. The molecular formula is C20H17ClF2N4O5. The standard InChI is InChI=1S/C20H17ClF2N4O5/c1-2-24-19(31)25-11-5-3-10(4-6-17(28)29)16(7-11)26-20(32)27-18(30)12-8-14(22)15(23)9-13(12)21/h3-9H,2H2,1H3,(H,28,29)(H2,24,25,31)(H2,26,27,30,32)/b6-4+. The molecule has 5 amide bonds. The molecule has 9 nitrogen and oxygen atoms in total. The maximum absolute atomic E-state index is 13.4. The monoisotopic (exact) mass is 466 g/mol. The van der Waals surface area contributed by atoms with Gasteiger partial charge in [0, 0.05) is 18.3 Å². The number of anilines is 2. The quantitative estimate of drug-likeness (QED) is 0.325. The summed E-state index contributed by atoms with van der Waals surface area (Å²) in [6.07, 6.45) is 2.00. The topological polar surface area (TPSA) is 137 Å². The molecule has 0 aliphatic heterocycles. The molecule has 0 unspecified atom stereocenters. The first kappa shape index (κ1) is 24.3. The number of hydrogen-bond acceptors (Lipinski definition) is 4. The minimum Gasteiger partial charge on any atom is -0.478 e. The number of nitrogens with one attached hydrogen (secondary N) is 4. The molecule has 2 rings (SSSR count). The van der Waals surface area contributed by atoms with Crippen molar-refractivity contribution >= 4 is 53.0 Å². The molecular weight excluding hydrogens is 450 g/mol. The predicted octanol–water partition coefficient (Wildman–Crippen LogP) is 3.82. The fourth-order valence-corrected chi connectivity index (χ4v) is 2.64. The van der Waals surface area contributed by atoms with Gasteiger partial charge in [0.05, 0.1) is 16.3 Å². The Kier molecular flexibility index (Phi) is 8.24. The van der Waals surface area contributed by atoms with Crippen molar-refractivity contribution in [2.75, 3.05) is 17.2 Å². The lowest BCUT2D eigenvalue weighted by Gasteiger charge is -2.13. The minimum absolute atomic E-state index is 0.0403. The summed E-state index contributed by atoms with van der Waals surface area (Å²) < 4.78 is 26.6. The van der Waals surface area contributed by atoms with Crippen LogP contribution in [-0.4, -0.2) is 35.6 Å². The molecule has 0 bridgehead atoms. The number of imide groups is 1. The van der Waals surface area contributed by atoms with E-state index in [2.05, 4.69) is 16.0 Å². The first-order valence-electron chi connectivity index (χ1n) is 8.97. The maximum atomic E-state index is 13.4. The molecule has 0 spiro atoms. The number of halogens is 3. The van der Waals surface area contributed by atoms with Gasteiger partial charge in [0.2, 0.25) is 0 Å². The van der Waals surface area contributed by atoms with E-state index in [1.54, 1.807) is 6.92 Å². The van der Waals surface area contributed by atoms with Crippen LogP contribution < -0.4 is 21.3 Å². The van der Waals surface area contributed by atoms with Crippen LogP contribution in [0.4, 0.5) is 29.7 Å². The van der Waals surface area contributed by atoms with Gasteiger partial charge in [-0.05, 0) is 42.8 Å². The van der Waals surface area contributed by atoms with Crippen LogP contribution in [0.15, 0.2) is 36.4 Å². The number of carboxylic acid groups (broad SMARTS) is 1. The normalized spacial score (nSPS) is 10.5. The molecule has 2 aromatic rings. The van der Waals surface area contributed by atoms with Gasteiger partial charge in [-0.2, -0.15) is 0 Å². The lowest BCUT2D eigenvalue weighted by Crippen LogP contribution is -2.35.